The Hall–Kier alpha value is -0.220. The van der Waals surface area contributed by atoms with Crippen LogP contribution in [0.25, 0.3) is 0 Å². The number of nitrogens with one attached hydrogen (secondary N) is 1. The highest BCUT2D eigenvalue weighted by Crippen LogP contribution is 2.45. The van der Waals surface area contributed by atoms with Crippen LogP contribution in [0.5, 0.6) is 0 Å². The molecule has 0 bridgehead atoms. The Morgan fingerprint density at radius 1 is 1.20 bits per heavy atom. The van der Waals surface area contributed by atoms with Gasteiger partial charge in [-0.15, -0.1) is 0 Å². The summed E-state index contributed by atoms with van der Waals surface area (Å²) in [6.07, 6.45) is 0. The minimum absolute atomic E-state index is 0.184. The zero-order valence-electron chi connectivity index (χ0n) is 5.49. The molecule has 0 unspecified atom stereocenters. The number of halogens is 2. The van der Waals surface area contributed by atoms with Crippen LogP contribution in [-0.2, 0) is 4.74 Å². The van der Waals surface area contributed by atoms with Crippen molar-refractivity contribution in [1.29, 1.82) is 0 Å². The van der Waals surface area contributed by atoms with Gasteiger partial charge in [-0.2, -0.15) is 0 Å². The molecule has 2 nitrogen and oxygen atoms in total. The van der Waals surface area contributed by atoms with E-state index in [-0.39, 0.29) is 19.8 Å². The third kappa shape index (κ3) is 0.582. The highest BCUT2D eigenvalue weighted by atomic mass is 19.3. The zero-order valence-corrected chi connectivity index (χ0v) is 5.49. The van der Waals surface area contributed by atoms with Crippen molar-refractivity contribution in [2.45, 2.75) is 5.92 Å². The van der Waals surface area contributed by atoms with Gasteiger partial charge in [0.1, 0.15) is 0 Å². The molecule has 58 valence electrons. The summed E-state index contributed by atoms with van der Waals surface area (Å²) in [5.74, 6) is -2.55. The SMILES string of the molecule is FC1(F)CNCC12COC2. The second-order valence-electron chi connectivity index (χ2n) is 3.08. The lowest BCUT2D eigenvalue weighted by Crippen LogP contribution is -2.54. The molecule has 0 radical (unpaired) electrons. The molecule has 0 aromatic carbocycles. The highest BCUT2D eigenvalue weighted by Gasteiger charge is 2.61. The highest BCUT2D eigenvalue weighted by molar-refractivity contribution is 5.04. The fraction of sp³-hybridized carbons (Fsp3) is 1.00. The summed E-state index contributed by atoms with van der Waals surface area (Å²) in [4.78, 5) is 0. The Morgan fingerprint density at radius 3 is 2.10 bits per heavy atom. The lowest BCUT2D eigenvalue weighted by molar-refractivity contribution is -0.213. The average Bonchev–Trinajstić information content (AvgIpc) is 2.02. The summed E-state index contributed by atoms with van der Waals surface area (Å²) in [5.41, 5.74) is -0.854. The van der Waals surface area contributed by atoms with E-state index >= 15 is 0 Å². The van der Waals surface area contributed by atoms with Gasteiger partial charge in [0.2, 0.25) is 0 Å². The van der Waals surface area contributed by atoms with Crippen LogP contribution in [0, 0.1) is 5.41 Å². The van der Waals surface area contributed by atoms with Crippen molar-refractivity contribution in [2.75, 3.05) is 26.3 Å². The molecule has 0 aromatic heterocycles. The summed E-state index contributed by atoms with van der Waals surface area (Å²) in [7, 11) is 0. The molecule has 1 N–H and O–H groups in total. The molecule has 2 heterocycles. The van der Waals surface area contributed by atoms with Crippen LogP contribution in [0.15, 0.2) is 0 Å². The van der Waals surface area contributed by atoms with Gasteiger partial charge < -0.3 is 10.1 Å². The molecule has 0 atom stereocenters. The van der Waals surface area contributed by atoms with Gasteiger partial charge in [-0.1, -0.05) is 0 Å². The summed E-state index contributed by atoms with van der Waals surface area (Å²) >= 11 is 0. The van der Waals surface area contributed by atoms with Gasteiger partial charge in [0, 0.05) is 6.54 Å². The maximum absolute atomic E-state index is 12.9. The first kappa shape index (κ1) is 6.49. The van der Waals surface area contributed by atoms with Crippen LogP contribution in [0.2, 0.25) is 0 Å². The largest absolute Gasteiger partial charge is 0.380 e. The first-order valence-corrected chi connectivity index (χ1v) is 3.33. The van der Waals surface area contributed by atoms with E-state index in [1.54, 1.807) is 0 Å². The topological polar surface area (TPSA) is 21.3 Å². The molecule has 2 saturated heterocycles. The molecular weight excluding hydrogens is 140 g/mol. The molecule has 2 rings (SSSR count). The van der Waals surface area contributed by atoms with Crippen LogP contribution in [0.4, 0.5) is 8.78 Å². The number of hydrogen-bond acceptors (Lipinski definition) is 2. The fourth-order valence-corrected chi connectivity index (χ4v) is 1.44. The molecule has 10 heavy (non-hydrogen) atoms. The maximum Gasteiger partial charge on any atom is 0.271 e. The van der Waals surface area contributed by atoms with Gasteiger partial charge in [-0.25, -0.2) is 8.78 Å². The third-order valence-electron chi connectivity index (χ3n) is 2.34. The predicted molar refractivity (Wildman–Crippen MR) is 31.1 cm³/mol. The van der Waals surface area contributed by atoms with E-state index in [2.05, 4.69) is 5.32 Å². The Labute approximate surface area is 57.5 Å². The van der Waals surface area contributed by atoms with Gasteiger partial charge in [-0.05, 0) is 0 Å². The van der Waals surface area contributed by atoms with Crippen molar-refractivity contribution in [3.05, 3.63) is 0 Å². The van der Waals surface area contributed by atoms with E-state index in [0.717, 1.165) is 0 Å². The number of ether oxygens (including phenoxy) is 1. The molecule has 2 aliphatic heterocycles. The fourth-order valence-electron chi connectivity index (χ4n) is 1.44. The number of alkyl halides is 2. The van der Waals surface area contributed by atoms with Gasteiger partial charge in [0.05, 0.1) is 25.2 Å². The molecule has 0 aromatic rings. The van der Waals surface area contributed by atoms with Crippen molar-refractivity contribution < 1.29 is 13.5 Å². The molecule has 2 fully saturated rings. The van der Waals surface area contributed by atoms with E-state index in [4.69, 9.17) is 4.74 Å². The minimum atomic E-state index is -2.55. The quantitative estimate of drug-likeness (QED) is 0.532. The molecule has 0 amide bonds. The lowest BCUT2D eigenvalue weighted by Gasteiger charge is -2.41. The van der Waals surface area contributed by atoms with Crippen molar-refractivity contribution in [2.24, 2.45) is 5.41 Å². The number of hydrogen-bond donors (Lipinski definition) is 1. The molecule has 0 aliphatic carbocycles. The maximum atomic E-state index is 12.9. The van der Waals surface area contributed by atoms with Crippen LogP contribution in [-0.4, -0.2) is 32.2 Å². The van der Waals surface area contributed by atoms with Crippen LogP contribution >= 0.6 is 0 Å². The third-order valence-corrected chi connectivity index (χ3v) is 2.34. The summed E-state index contributed by atoms with van der Waals surface area (Å²) < 4.78 is 30.6. The Morgan fingerprint density at radius 2 is 1.90 bits per heavy atom. The van der Waals surface area contributed by atoms with E-state index < -0.39 is 11.3 Å². The Kier molecular flexibility index (Phi) is 1.09. The smallest absolute Gasteiger partial charge is 0.271 e. The normalized spacial score (nSPS) is 34.2. The molecule has 4 heteroatoms. The first-order chi connectivity index (χ1) is 4.66. The van der Waals surface area contributed by atoms with Gasteiger partial charge in [0.15, 0.2) is 0 Å². The van der Waals surface area contributed by atoms with E-state index in [0.29, 0.717) is 6.54 Å². The Bertz CT molecular complexity index is 156. The Balaban J connectivity index is 2.20. The summed E-state index contributed by atoms with van der Waals surface area (Å²) in [6, 6.07) is 0. The van der Waals surface area contributed by atoms with E-state index in [1.165, 1.54) is 0 Å². The zero-order chi connectivity index (χ0) is 7.24. The van der Waals surface area contributed by atoms with Gasteiger partial charge in [0.25, 0.3) is 5.92 Å². The average molecular weight is 149 g/mol. The number of rotatable bonds is 0. The van der Waals surface area contributed by atoms with Crippen molar-refractivity contribution in [1.82, 2.24) is 5.32 Å². The van der Waals surface area contributed by atoms with Crippen molar-refractivity contribution in [3.63, 3.8) is 0 Å². The van der Waals surface area contributed by atoms with Crippen molar-refractivity contribution in [3.8, 4) is 0 Å². The monoisotopic (exact) mass is 149 g/mol. The minimum Gasteiger partial charge on any atom is -0.380 e. The molecule has 0 saturated carbocycles. The van der Waals surface area contributed by atoms with Crippen LogP contribution < -0.4 is 5.32 Å². The van der Waals surface area contributed by atoms with Crippen molar-refractivity contribution >= 4 is 0 Å². The lowest BCUT2D eigenvalue weighted by atomic mass is 9.82. The van der Waals surface area contributed by atoms with Gasteiger partial charge >= 0.3 is 0 Å². The van der Waals surface area contributed by atoms with Crippen LogP contribution in [0.1, 0.15) is 0 Å². The standard InChI is InChI=1S/C6H9F2NO/c7-6(8)2-9-1-5(6)3-10-4-5/h9H,1-4H2. The van der Waals surface area contributed by atoms with Crippen LogP contribution in [0.3, 0.4) is 0 Å². The summed E-state index contributed by atoms with van der Waals surface area (Å²) in [5, 5.41) is 2.68. The van der Waals surface area contributed by atoms with E-state index in [9.17, 15) is 8.78 Å². The molecule has 2 aliphatic rings. The second kappa shape index (κ2) is 1.68. The molecular formula is C6H9F2NO. The first-order valence-electron chi connectivity index (χ1n) is 3.33. The van der Waals surface area contributed by atoms with E-state index in [1.807, 2.05) is 0 Å². The van der Waals surface area contributed by atoms with Gasteiger partial charge in [-0.3, -0.25) is 0 Å². The molecule has 1 spiro atoms. The second-order valence-corrected chi connectivity index (χ2v) is 3.08. The summed E-state index contributed by atoms with van der Waals surface area (Å²) in [6.45, 7) is 0.649. The predicted octanol–water partition coefficient (Wildman–Crippen LogP) is 0.241.